The lowest BCUT2D eigenvalue weighted by Crippen LogP contribution is -2.15. The molecule has 0 unspecified atom stereocenters. The summed E-state index contributed by atoms with van der Waals surface area (Å²) in [6.07, 6.45) is 0. The van der Waals surface area contributed by atoms with Crippen molar-refractivity contribution >= 4 is 56.3 Å². The molecule has 0 aliphatic heterocycles. The number of thioether (sulfide) groups is 1. The van der Waals surface area contributed by atoms with E-state index < -0.39 is 4.92 Å². The minimum absolute atomic E-state index is 0.0143. The highest BCUT2D eigenvalue weighted by atomic mass is 79.9. The fourth-order valence-electron chi connectivity index (χ4n) is 2.35. The van der Waals surface area contributed by atoms with Crippen LogP contribution < -0.4 is 5.32 Å². The summed E-state index contributed by atoms with van der Waals surface area (Å²) in [4.78, 5) is 27.3. The predicted octanol–water partition coefficient (Wildman–Crippen LogP) is 5.52. The van der Waals surface area contributed by atoms with Gasteiger partial charge in [-0.2, -0.15) is 0 Å². The Morgan fingerprint density at radius 3 is 2.74 bits per heavy atom. The summed E-state index contributed by atoms with van der Waals surface area (Å²) >= 11 is 6.22. The van der Waals surface area contributed by atoms with Gasteiger partial charge in [0.25, 0.3) is 5.69 Å². The van der Waals surface area contributed by atoms with Crippen molar-refractivity contribution in [2.75, 3.05) is 11.1 Å². The molecule has 0 aliphatic carbocycles. The Hall–Kier alpha value is -2.23. The number of nitrogens with zero attached hydrogens (tertiary/aromatic N) is 2. The number of aromatic nitrogens is 1. The molecule has 27 heavy (non-hydrogen) atoms. The summed E-state index contributed by atoms with van der Waals surface area (Å²) in [7, 11) is 0. The normalized spacial score (nSPS) is 10.6. The number of hydrogen-bond donors (Lipinski definition) is 1. The molecule has 9 heteroatoms. The third-order valence-corrected chi connectivity index (χ3v) is 6.28. The molecule has 1 amide bonds. The van der Waals surface area contributed by atoms with Gasteiger partial charge in [-0.1, -0.05) is 45.9 Å². The van der Waals surface area contributed by atoms with Crippen molar-refractivity contribution in [1.29, 1.82) is 0 Å². The van der Waals surface area contributed by atoms with Crippen molar-refractivity contribution in [2.24, 2.45) is 0 Å². The third-order valence-electron chi connectivity index (χ3n) is 3.73. The van der Waals surface area contributed by atoms with Gasteiger partial charge in [0.15, 0.2) is 4.34 Å². The molecule has 0 aliphatic rings. The van der Waals surface area contributed by atoms with Gasteiger partial charge in [-0.15, -0.1) is 11.3 Å². The largest absolute Gasteiger partial charge is 0.325 e. The standard InChI is InChI=1S/C18H14BrN3O3S2/c1-11-14(3-2-4-16(11)22(24)25)20-17(23)10-27-18-21-15(9-26-18)12-5-7-13(19)8-6-12/h2-9H,10H2,1H3,(H,20,23). The van der Waals surface area contributed by atoms with Crippen LogP contribution in [0.15, 0.2) is 56.7 Å². The molecule has 2 aromatic carbocycles. The number of halogens is 1. The highest BCUT2D eigenvalue weighted by Gasteiger charge is 2.15. The van der Waals surface area contributed by atoms with E-state index in [9.17, 15) is 14.9 Å². The summed E-state index contributed by atoms with van der Waals surface area (Å²) in [5.41, 5.74) is 2.75. The van der Waals surface area contributed by atoms with E-state index in [0.717, 1.165) is 20.1 Å². The summed E-state index contributed by atoms with van der Waals surface area (Å²) in [5, 5.41) is 15.7. The number of nitrogens with one attached hydrogen (secondary N) is 1. The van der Waals surface area contributed by atoms with Gasteiger partial charge in [0, 0.05) is 21.5 Å². The third kappa shape index (κ3) is 4.94. The van der Waals surface area contributed by atoms with Crippen molar-refractivity contribution in [2.45, 2.75) is 11.3 Å². The van der Waals surface area contributed by atoms with E-state index in [1.807, 2.05) is 29.6 Å². The maximum Gasteiger partial charge on any atom is 0.274 e. The zero-order valence-electron chi connectivity index (χ0n) is 14.1. The first kappa shape index (κ1) is 19.5. The van der Waals surface area contributed by atoms with E-state index in [1.54, 1.807) is 19.1 Å². The monoisotopic (exact) mass is 463 g/mol. The minimum Gasteiger partial charge on any atom is -0.325 e. The van der Waals surface area contributed by atoms with Crippen LogP contribution >= 0.6 is 39.0 Å². The average Bonchev–Trinajstić information content (AvgIpc) is 3.11. The van der Waals surface area contributed by atoms with Crippen LogP contribution in [0, 0.1) is 17.0 Å². The Labute approximate surface area is 172 Å². The first-order valence-electron chi connectivity index (χ1n) is 7.82. The summed E-state index contributed by atoms with van der Waals surface area (Å²) in [6, 6.07) is 12.5. The highest BCUT2D eigenvalue weighted by molar-refractivity contribution is 9.10. The van der Waals surface area contributed by atoms with Crippen LogP contribution in [-0.4, -0.2) is 21.6 Å². The van der Waals surface area contributed by atoms with Gasteiger partial charge >= 0.3 is 0 Å². The van der Waals surface area contributed by atoms with Crippen LogP contribution in [0.2, 0.25) is 0 Å². The minimum atomic E-state index is -0.459. The van der Waals surface area contributed by atoms with E-state index in [-0.39, 0.29) is 17.3 Å². The molecule has 0 spiro atoms. The lowest BCUT2D eigenvalue weighted by atomic mass is 10.1. The van der Waals surface area contributed by atoms with Gasteiger partial charge < -0.3 is 5.32 Å². The molecule has 138 valence electrons. The molecule has 1 heterocycles. The van der Waals surface area contributed by atoms with E-state index in [2.05, 4.69) is 26.2 Å². The number of nitro groups is 1. The zero-order chi connectivity index (χ0) is 19.4. The van der Waals surface area contributed by atoms with Gasteiger partial charge in [-0.25, -0.2) is 4.98 Å². The quantitative estimate of drug-likeness (QED) is 0.295. The number of amides is 1. The Morgan fingerprint density at radius 1 is 1.30 bits per heavy atom. The molecule has 1 aromatic heterocycles. The number of rotatable bonds is 6. The number of hydrogen-bond acceptors (Lipinski definition) is 6. The summed E-state index contributed by atoms with van der Waals surface area (Å²) in [5.74, 6) is -0.0564. The predicted molar refractivity (Wildman–Crippen MR) is 112 cm³/mol. The number of carbonyl (C=O) groups is 1. The second-order valence-corrected chi connectivity index (χ2v) is 8.55. The maximum atomic E-state index is 12.2. The Kier molecular flexibility index (Phi) is 6.25. The van der Waals surface area contributed by atoms with Crippen LogP contribution in [0.5, 0.6) is 0 Å². The molecule has 0 saturated heterocycles. The van der Waals surface area contributed by atoms with Crippen LogP contribution in [0.4, 0.5) is 11.4 Å². The van der Waals surface area contributed by atoms with Crippen molar-refractivity contribution in [3.63, 3.8) is 0 Å². The summed E-state index contributed by atoms with van der Waals surface area (Å²) in [6.45, 7) is 1.62. The Balaban J connectivity index is 1.61. The molecule has 6 nitrogen and oxygen atoms in total. The number of benzene rings is 2. The maximum absolute atomic E-state index is 12.2. The van der Waals surface area contributed by atoms with Crippen molar-refractivity contribution in [1.82, 2.24) is 4.98 Å². The summed E-state index contributed by atoms with van der Waals surface area (Å²) < 4.78 is 1.79. The van der Waals surface area contributed by atoms with Gasteiger partial charge in [0.2, 0.25) is 5.91 Å². The second-order valence-electron chi connectivity index (χ2n) is 5.55. The van der Waals surface area contributed by atoms with E-state index in [1.165, 1.54) is 29.2 Å². The molecule has 1 N–H and O–H groups in total. The molecule has 3 aromatic rings. The SMILES string of the molecule is Cc1c(NC(=O)CSc2nc(-c3ccc(Br)cc3)cs2)cccc1[N+](=O)[O-]. The molecular formula is C18H14BrN3O3S2. The smallest absolute Gasteiger partial charge is 0.274 e. The molecule has 0 radical (unpaired) electrons. The van der Waals surface area contributed by atoms with E-state index >= 15 is 0 Å². The Morgan fingerprint density at radius 2 is 2.04 bits per heavy atom. The molecule has 0 bridgehead atoms. The average molecular weight is 464 g/mol. The van der Waals surface area contributed by atoms with Crippen molar-refractivity contribution < 1.29 is 9.72 Å². The van der Waals surface area contributed by atoms with Crippen molar-refractivity contribution in [3.8, 4) is 11.3 Å². The van der Waals surface area contributed by atoms with E-state index in [0.29, 0.717) is 11.3 Å². The lowest BCUT2D eigenvalue weighted by molar-refractivity contribution is -0.385. The van der Waals surface area contributed by atoms with Crippen LogP contribution in [0.3, 0.4) is 0 Å². The zero-order valence-corrected chi connectivity index (χ0v) is 17.4. The van der Waals surface area contributed by atoms with Crippen LogP contribution in [0.25, 0.3) is 11.3 Å². The van der Waals surface area contributed by atoms with Crippen LogP contribution in [-0.2, 0) is 4.79 Å². The van der Waals surface area contributed by atoms with Crippen LogP contribution in [0.1, 0.15) is 5.56 Å². The lowest BCUT2D eigenvalue weighted by Gasteiger charge is -2.07. The fraction of sp³-hybridized carbons (Fsp3) is 0.111. The van der Waals surface area contributed by atoms with Crippen molar-refractivity contribution in [3.05, 3.63) is 68.0 Å². The molecule has 3 rings (SSSR count). The van der Waals surface area contributed by atoms with Gasteiger partial charge in [0.05, 0.1) is 27.6 Å². The molecule has 0 fully saturated rings. The number of nitro benzene ring substituents is 1. The van der Waals surface area contributed by atoms with Gasteiger partial charge in [0.1, 0.15) is 0 Å². The van der Waals surface area contributed by atoms with Gasteiger partial charge in [-0.05, 0) is 25.1 Å². The fourth-order valence-corrected chi connectivity index (χ4v) is 4.25. The molecule has 0 atom stereocenters. The first-order valence-corrected chi connectivity index (χ1v) is 10.5. The molecule has 0 saturated carbocycles. The molecular weight excluding hydrogens is 450 g/mol. The second kappa shape index (κ2) is 8.64. The van der Waals surface area contributed by atoms with E-state index in [4.69, 9.17) is 0 Å². The number of anilines is 1. The topological polar surface area (TPSA) is 85.1 Å². The highest BCUT2D eigenvalue weighted by Crippen LogP contribution is 2.29. The Bertz CT molecular complexity index is 990. The van der Waals surface area contributed by atoms with Gasteiger partial charge in [-0.3, -0.25) is 14.9 Å². The number of thiazole rings is 1. The number of carbonyl (C=O) groups excluding carboxylic acids is 1. The first-order chi connectivity index (χ1) is 12.9.